The SMILES string of the molecule is CC(C)OC(=O)CNP(=O)(OC[C@@]1(C(F)F)O[C@@H](n2cc(F)c(=O)[nH]c2=O)[C@@H](F)[C@@H]1O)Oc1cccc2ccccc12. The molecule has 0 aliphatic carbocycles. The highest BCUT2D eigenvalue weighted by atomic mass is 31.2. The average molecular weight is 619 g/mol. The first-order valence-electron chi connectivity index (χ1n) is 12.4. The second-order valence-electron chi connectivity index (χ2n) is 9.51. The number of esters is 1. The molecule has 2 heterocycles. The molecule has 0 amide bonds. The van der Waals surface area contributed by atoms with Crippen molar-refractivity contribution < 1.29 is 50.5 Å². The Morgan fingerprint density at radius 1 is 1.21 bits per heavy atom. The van der Waals surface area contributed by atoms with Gasteiger partial charge in [-0.15, -0.1) is 0 Å². The van der Waals surface area contributed by atoms with E-state index in [1.165, 1.54) is 11.1 Å². The number of ether oxygens (including phenoxy) is 2. The lowest BCUT2D eigenvalue weighted by molar-refractivity contribution is -0.192. The van der Waals surface area contributed by atoms with Gasteiger partial charge in [-0.25, -0.2) is 27.6 Å². The zero-order valence-corrected chi connectivity index (χ0v) is 22.9. The molecule has 1 unspecified atom stereocenters. The third kappa shape index (κ3) is 6.42. The first kappa shape index (κ1) is 31.4. The fraction of sp³-hybridized carbons (Fsp3) is 0.400. The molecule has 42 heavy (non-hydrogen) atoms. The van der Waals surface area contributed by atoms with E-state index < -0.39 is 80.6 Å². The number of carbonyl (C=O) groups is 1. The fourth-order valence-electron chi connectivity index (χ4n) is 4.17. The average Bonchev–Trinajstić information content (AvgIpc) is 3.19. The van der Waals surface area contributed by atoms with Crippen LogP contribution in [0.25, 0.3) is 10.8 Å². The summed E-state index contributed by atoms with van der Waals surface area (Å²) in [4.78, 5) is 37.2. The van der Waals surface area contributed by atoms with E-state index in [1.807, 2.05) is 0 Å². The smallest absolute Gasteiger partial charge is 0.459 e. The Kier molecular flexibility index (Phi) is 9.23. The Bertz CT molecular complexity index is 1610. The molecule has 0 radical (unpaired) electrons. The van der Waals surface area contributed by atoms with Gasteiger partial charge in [0.1, 0.15) is 18.4 Å². The summed E-state index contributed by atoms with van der Waals surface area (Å²) >= 11 is 0. The molecule has 3 N–H and O–H groups in total. The second kappa shape index (κ2) is 12.4. The zero-order chi connectivity index (χ0) is 30.8. The number of aliphatic hydroxyl groups is 1. The molecular formula is C25H26F4N3O9P. The Balaban J connectivity index is 1.66. The summed E-state index contributed by atoms with van der Waals surface area (Å²) in [5.41, 5.74) is -6.14. The van der Waals surface area contributed by atoms with Crippen LogP contribution in [0, 0.1) is 5.82 Å². The number of hydrogen-bond donors (Lipinski definition) is 3. The predicted octanol–water partition coefficient (Wildman–Crippen LogP) is 2.81. The molecule has 2 aromatic carbocycles. The van der Waals surface area contributed by atoms with Gasteiger partial charge in [0.05, 0.1) is 18.9 Å². The number of hydrogen-bond acceptors (Lipinski definition) is 9. The van der Waals surface area contributed by atoms with Crippen molar-refractivity contribution in [1.82, 2.24) is 14.6 Å². The van der Waals surface area contributed by atoms with Gasteiger partial charge >= 0.3 is 19.4 Å². The number of rotatable bonds is 11. The van der Waals surface area contributed by atoms with E-state index >= 15 is 4.39 Å². The van der Waals surface area contributed by atoms with Gasteiger partial charge in [0.15, 0.2) is 18.0 Å². The van der Waals surface area contributed by atoms with Crippen LogP contribution in [0.2, 0.25) is 0 Å². The van der Waals surface area contributed by atoms with Gasteiger partial charge in [0.2, 0.25) is 5.82 Å². The monoisotopic (exact) mass is 619 g/mol. The molecule has 0 saturated carbocycles. The van der Waals surface area contributed by atoms with E-state index in [1.54, 1.807) is 50.2 Å². The maximum atomic E-state index is 15.1. The largest absolute Gasteiger partial charge is 0.462 e. The van der Waals surface area contributed by atoms with Crippen LogP contribution in [0.5, 0.6) is 5.75 Å². The predicted molar refractivity (Wildman–Crippen MR) is 138 cm³/mol. The first-order valence-corrected chi connectivity index (χ1v) is 14.0. The number of nitrogens with one attached hydrogen (secondary N) is 2. The number of halogens is 4. The van der Waals surface area contributed by atoms with E-state index in [2.05, 4.69) is 5.09 Å². The van der Waals surface area contributed by atoms with Gasteiger partial charge in [0, 0.05) is 5.39 Å². The summed E-state index contributed by atoms with van der Waals surface area (Å²) in [6.07, 6.45) is -11.9. The molecule has 4 rings (SSSR count). The second-order valence-corrected chi connectivity index (χ2v) is 11.3. The molecule has 1 aromatic heterocycles. The van der Waals surface area contributed by atoms with E-state index in [-0.39, 0.29) is 16.5 Å². The molecule has 17 heteroatoms. The number of nitrogens with zero attached hydrogens (tertiary/aromatic N) is 1. The van der Waals surface area contributed by atoms with Crippen molar-refractivity contribution in [2.75, 3.05) is 13.2 Å². The topological polar surface area (TPSA) is 158 Å². The van der Waals surface area contributed by atoms with Crippen LogP contribution < -0.4 is 20.9 Å². The van der Waals surface area contributed by atoms with Gasteiger partial charge in [-0.1, -0.05) is 36.4 Å². The lowest BCUT2D eigenvalue weighted by Gasteiger charge is -2.32. The van der Waals surface area contributed by atoms with Crippen molar-refractivity contribution in [2.45, 2.75) is 50.5 Å². The Labute approximate surface area is 234 Å². The van der Waals surface area contributed by atoms with Crippen LogP contribution in [0.15, 0.2) is 58.3 Å². The van der Waals surface area contributed by atoms with E-state index in [9.17, 15) is 37.2 Å². The molecule has 0 bridgehead atoms. The summed E-state index contributed by atoms with van der Waals surface area (Å²) in [7, 11) is -4.81. The molecule has 1 saturated heterocycles. The highest BCUT2D eigenvalue weighted by Crippen LogP contribution is 2.50. The van der Waals surface area contributed by atoms with Crippen LogP contribution in [0.3, 0.4) is 0 Å². The molecule has 3 aromatic rings. The molecule has 1 fully saturated rings. The summed E-state index contributed by atoms with van der Waals surface area (Å²) in [6.45, 7) is 0.827. The summed E-state index contributed by atoms with van der Waals surface area (Å²) in [5.74, 6) is -2.51. The third-order valence-corrected chi connectivity index (χ3v) is 7.65. The Hall–Kier alpha value is -3.56. The lowest BCUT2D eigenvalue weighted by atomic mass is 9.97. The number of H-pyrrole nitrogens is 1. The Morgan fingerprint density at radius 2 is 1.90 bits per heavy atom. The van der Waals surface area contributed by atoms with Crippen LogP contribution in [-0.4, -0.2) is 64.2 Å². The van der Waals surface area contributed by atoms with E-state index in [0.29, 0.717) is 10.8 Å². The van der Waals surface area contributed by atoms with Crippen LogP contribution >= 0.6 is 7.75 Å². The van der Waals surface area contributed by atoms with Crippen LogP contribution in [0.1, 0.15) is 20.1 Å². The number of alkyl halides is 3. The van der Waals surface area contributed by atoms with Gasteiger partial charge in [0.25, 0.3) is 12.0 Å². The minimum Gasteiger partial charge on any atom is -0.462 e. The summed E-state index contributed by atoms with van der Waals surface area (Å²) in [6, 6.07) is 11.3. The zero-order valence-electron chi connectivity index (χ0n) is 22.0. The molecule has 0 spiro atoms. The van der Waals surface area contributed by atoms with Crippen LogP contribution in [-0.2, 0) is 23.4 Å². The number of aliphatic hydroxyl groups excluding tert-OH is 1. The van der Waals surface area contributed by atoms with Crippen molar-refractivity contribution in [2.24, 2.45) is 0 Å². The molecule has 12 nitrogen and oxygen atoms in total. The minimum atomic E-state index is -4.81. The maximum Gasteiger partial charge on any atom is 0.459 e. The molecule has 5 atom stereocenters. The Morgan fingerprint density at radius 3 is 2.60 bits per heavy atom. The van der Waals surface area contributed by atoms with Gasteiger partial charge in [-0.2, -0.15) is 4.39 Å². The quantitative estimate of drug-likeness (QED) is 0.166. The molecule has 1 aliphatic heterocycles. The number of aromatic nitrogens is 2. The number of fused-ring (bicyclic) bond motifs is 1. The summed E-state index contributed by atoms with van der Waals surface area (Å²) < 4.78 is 92.7. The van der Waals surface area contributed by atoms with E-state index in [0.717, 1.165) is 0 Å². The van der Waals surface area contributed by atoms with E-state index in [4.69, 9.17) is 18.5 Å². The number of carbonyl (C=O) groups excluding carboxylic acids is 1. The van der Waals surface area contributed by atoms with Gasteiger partial charge in [-0.05, 0) is 25.3 Å². The van der Waals surface area contributed by atoms with Gasteiger partial charge < -0.3 is 19.1 Å². The van der Waals surface area contributed by atoms with Crippen molar-refractivity contribution in [3.8, 4) is 5.75 Å². The highest BCUT2D eigenvalue weighted by Gasteiger charge is 2.62. The van der Waals surface area contributed by atoms with Crippen molar-refractivity contribution >= 4 is 24.5 Å². The number of benzene rings is 2. The lowest BCUT2D eigenvalue weighted by Crippen LogP contribution is -2.52. The van der Waals surface area contributed by atoms with Crippen molar-refractivity contribution in [3.05, 3.63) is 75.3 Å². The molecule has 228 valence electrons. The summed E-state index contributed by atoms with van der Waals surface area (Å²) in [5, 5.41) is 13.8. The molecule has 1 aliphatic rings. The maximum absolute atomic E-state index is 15.1. The van der Waals surface area contributed by atoms with Crippen LogP contribution in [0.4, 0.5) is 17.6 Å². The minimum absolute atomic E-state index is 0.0448. The third-order valence-electron chi connectivity index (χ3n) is 6.20. The van der Waals surface area contributed by atoms with Crippen molar-refractivity contribution in [1.29, 1.82) is 0 Å². The highest BCUT2D eigenvalue weighted by molar-refractivity contribution is 7.52. The number of aromatic amines is 1. The standard InChI is InChI=1S/C25H26F4N3O9P/c1-13(2)39-18(33)10-30-42(37,41-17-9-5-7-14-6-3-4-8-15(14)17)38-12-25(23(28)29)20(34)19(27)22(40-25)32-11-16(26)21(35)31-24(32)36/h3-9,11,13,19-20,22-23,34H,10,12H2,1-2H3,(H,30,37)(H,31,35,36)/t19-,20-,22+,25+,42?/m0/s1. The molecular weight excluding hydrogens is 593 g/mol. The van der Waals surface area contributed by atoms with Gasteiger partial charge in [-0.3, -0.25) is 23.7 Å². The first-order chi connectivity index (χ1) is 19.8. The van der Waals surface area contributed by atoms with Crippen molar-refractivity contribution in [3.63, 3.8) is 0 Å². The fourth-order valence-corrected chi connectivity index (χ4v) is 5.49. The normalized spacial score (nSPS) is 23.8.